The van der Waals surface area contributed by atoms with E-state index in [-0.39, 0.29) is 16.4 Å². The van der Waals surface area contributed by atoms with Gasteiger partial charge in [0.2, 0.25) is 10.0 Å². The molecule has 0 saturated carbocycles. The second kappa shape index (κ2) is 9.74. The molecule has 2 amide bonds. The van der Waals surface area contributed by atoms with Gasteiger partial charge in [0.15, 0.2) is 5.13 Å². The smallest absolute Gasteiger partial charge is 0.418 e. The lowest BCUT2D eigenvalue weighted by Crippen LogP contribution is -2.41. The number of aromatic nitrogens is 2. The van der Waals surface area contributed by atoms with Crippen LogP contribution in [-0.4, -0.2) is 54.4 Å². The molecule has 4 heterocycles. The zero-order chi connectivity index (χ0) is 28.1. The lowest BCUT2D eigenvalue weighted by Gasteiger charge is -2.31. The van der Waals surface area contributed by atoms with E-state index < -0.39 is 21.7 Å². The van der Waals surface area contributed by atoms with Crippen LogP contribution in [-0.2, 0) is 21.3 Å². The number of ether oxygens (including phenoxy) is 1. The van der Waals surface area contributed by atoms with Crippen LogP contribution in [0.4, 0.5) is 21.6 Å². The first-order valence-corrected chi connectivity index (χ1v) is 14.5. The van der Waals surface area contributed by atoms with Crippen molar-refractivity contribution in [3.05, 3.63) is 59.5 Å². The number of amides is 2. The van der Waals surface area contributed by atoms with Crippen molar-refractivity contribution in [1.29, 1.82) is 0 Å². The number of nitrogens with zero attached hydrogens (tertiary/aromatic N) is 4. The van der Waals surface area contributed by atoms with E-state index in [4.69, 9.17) is 4.74 Å². The molecular weight excluding hydrogens is 540 g/mol. The number of aryl methyl sites for hydroxylation is 1. The third kappa shape index (κ3) is 5.00. The quantitative estimate of drug-likeness (QED) is 0.447. The summed E-state index contributed by atoms with van der Waals surface area (Å²) in [6.45, 7) is 8.26. The molecule has 0 aliphatic carbocycles. The van der Waals surface area contributed by atoms with E-state index in [0.717, 1.165) is 4.88 Å². The fourth-order valence-corrected chi connectivity index (χ4v) is 6.41. The van der Waals surface area contributed by atoms with Crippen molar-refractivity contribution >= 4 is 50.1 Å². The monoisotopic (exact) mass is 568 g/mol. The maximum Gasteiger partial charge on any atom is 0.420 e. The van der Waals surface area contributed by atoms with E-state index >= 15 is 0 Å². The molecule has 0 radical (unpaired) electrons. The Kier molecular flexibility index (Phi) is 6.69. The van der Waals surface area contributed by atoms with Crippen LogP contribution in [0.5, 0.6) is 0 Å². The number of carbonyl (C=O) groups excluding carboxylic acids is 2. The largest absolute Gasteiger partial charge is 0.420 e. The summed E-state index contributed by atoms with van der Waals surface area (Å²) in [5, 5.41) is 3.72. The number of thiazole rings is 1. The molecule has 0 bridgehead atoms. The first-order chi connectivity index (χ1) is 18.4. The minimum Gasteiger partial charge on any atom is -0.418 e. The molecule has 2 aromatic heterocycles. The summed E-state index contributed by atoms with van der Waals surface area (Å²) in [5.74, 6) is 0.603. The van der Waals surface area contributed by atoms with Crippen LogP contribution in [0.25, 0.3) is 10.4 Å². The summed E-state index contributed by atoms with van der Waals surface area (Å²) in [7, 11) is -2.59. The number of rotatable bonds is 6. The molecule has 2 N–H and O–H groups in total. The average Bonchev–Trinajstić information content (AvgIpc) is 3.43. The summed E-state index contributed by atoms with van der Waals surface area (Å²) in [6.07, 6.45) is 2.55. The average molecular weight is 569 g/mol. The van der Waals surface area contributed by atoms with Gasteiger partial charge in [0, 0.05) is 12.1 Å². The van der Waals surface area contributed by atoms with E-state index in [0.29, 0.717) is 46.7 Å². The van der Waals surface area contributed by atoms with Crippen LogP contribution < -0.4 is 14.9 Å². The van der Waals surface area contributed by atoms with Crippen LogP contribution in [0.2, 0.25) is 0 Å². The third-order valence-corrected chi connectivity index (χ3v) is 8.98. The molecule has 204 valence electrons. The number of nitrogens with one attached hydrogen (secondary N) is 2. The van der Waals surface area contributed by atoms with Gasteiger partial charge in [-0.3, -0.25) is 9.69 Å². The van der Waals surface area contributed by atoms with Crippen molar-refractivity contribution in [3.63, 3.8) is 0 Å². The summed E-state index contributed by atoms with van der Waals surface area (Å²) < 4.78 is 33.3. The Morgan fingerprint density at radius 1 is 1.13 bits per heavy atom. The maximum absolute atomic E-state index is 13.3. The Balaban J connectivity index is 1.51. The second-order valence-corrected chi connectivity index (χ2v) is 12.9. The first kappa shape index (κ1) is 26.8. The van der Waals surface area contributed by atoms with Gasteiger partial charge in [-0.15, -0.1) is 0 Å². The second-order valence-electron chi connectivity index (χ2n) is 10.1. The van der Waals surface area contributed by atoms with Gasteiger partial charge >= 0.3 is 6.09 Å². The number of fused-ring (bicyclic) bond motifs is 1. The number of hydrogen-bond donors (Lipinski definition) is 2. The molecule has 5 rings (SSSR count). The van der Waals surface area contributed by atoms with Gasteiger partial charge in [-0.05, 0) is 76.2 Å². The number of hydrogen-bond acceptors (Lipinski definition) is 9. The highest BCUT2D eigenvalue weighted by Gasteiger charge is 2.39. The summed E-state index contributed by atoms with van der Waals surface area (Å²) in [5.41, 5.74) is 1.72. The SMILES string of the molecule is CNS(=O)(=O)c1cc(-c2sc(Nc3cccc(N4CC=COC4=O)n3)nc2C)cc2c1C(=O)N(C(C)(C)C)C2. The zero-order valence-corrected chi connectivity index (χ0v) is 23.7. The molecule has 11 nitrogen and oxygen atoms in total. The highest BCUT2D eigenvalue weighted by Crippen LogP contribution is 2.40. The normalized spacial score (nSPS) is 15.5. The molecule has 13 heteroatoms. The zero-order valence-electron chi connectivity index (χ0n) is 22.1. The Hall–Kier alpha value is -3.81. The topological polar surface area (TPSA) is 134 Å². The third-order valence-electron chi connectivity index (χ3n) is 6.42. The van der Waals surface area contributed by atoms with Crippen molar-refractivity contribution in [2.24, 2.45) is 0 Å². The number of anilines is 3. The summed E-state index contributed by atoms with van der Waals surface area (Å²) in [6, 6.07) is 8.63. The van der Waals surface area contributed by atoms with Crippen molar-refractivity contribution < 1.29 is 22.7 Å². The van der Waals surface area contributed by atoms with Gasteiger partial charge in [-0.25, -0.2) is 27.9 Å². The van der Waals surface area contributed by atoms with Crippen LogP contribution >= 0.6 is 11.3 Å². The molecule has 0 spiro atoms. The molecule has 2 aliphatic rings. The van der Waals surface area contributed by atoms with Gasteiger partial charge < -0.3 is 15.0 Å². The van der Waals surface area contributed by atoms with Gasteiger partial charge in [-0.2, -0.15) is 0 Å². The van der Waals surface area contributed by atoms with E-state index in [1.807, 2.05) is 33.8 Å². The van der Waals surface area contributed by atoms with E-state index in [9.17, 15) is 18.0 Å². The molecule has 0 saturated heterocycles. The maximum atomic E-state index is 13.3. The lowest BCUT2D eigenvalue weighted by molar-refractivity contribution is 0.0607. The Bertz CT molecular complexity index is 1620. The van der Waals surface area contributed by atoms with E-state index in [2.05, 4.69) is 20.0 Å². The van der Waals surface area contributed by atoms with Crippen LogP contribution in [0, 0.1) is 6.92 Å². The van der Waals surface area contributed by atoms with Crippen molar-refractivity contribution in [2.45, 2.75) is 44.7 Å². The fourth-order valence-electron chi connectivity index (χ4n) is 4.46. The summed E-state index contributed by atoms with van der Waals surface area (Å²) >= 11 is 1.34. The van der Waals surface area contributed by atoms with Crippen LogP contribution in [0.3, 0.4) is 0 Å². The minimum absolute atomic E-state index is 0.0478. The molecular formula is C26H28N6O5S2. The van der Waals surface area contributed by atoms with Gasteiger partial charge in [0.05, 0.1) is 33.8 Å². The van der Waals surface area contributed by atoms with Gasteiger partial charge in [-0.1, -0.05) is 17.4 Å². The standard InChI is InChI=1S/C26H28N6O5S2/c1-15-22(38-24(28-15)30-19-8-6-9-20(29-19)31-10-7-11-37-25(31)34)16-12-17-14-32(26(2,3)4)23(33)21(17)18(13-16)39(35,36)27-5/h6-9,11-13,27H,10,14H2,1-5H3,(H,28,29,30). The van der Waals surface area contributed by atoms with Crippen molar-refractivity contribution in [2.75, 3.05) is 23.8 Å². The molecule has 0 fully saturated rings. The predicted molar refractivity (Wildman–Crippen MR) is 149 cm³/mol. The Morgan fingerprint density at radius 3 is 2.59 bits per heavy atom. The lowest BCUT2D eigenvalue weighted by atomic mass is 10.0. The highest BCUT2D eigenvalue weighted by molar-refractivity contribution is 7.89. The molecule has 0 unspecified atom stereocenters. The van der Waals surface area contributed by atoms with Gasteiger partial charge in [0.25, 0.3) is 5.91 Å². The predicted octanol–water partition coefficient (Wildman–Crippen LogP) is 4.39. The molecule has 1 aromatic carbocycles. The number of sulfonamides is 1. The van der Waals surface area contributed by atoms with Gasteiger partial charge in [0.1, 0.15) is 11.6 Å². The highest BCUT2D eigenvalue weighted by atomic mass is 32.2. The Labute approximate surface area is 230 Å². The first-order valence-electron chi connectivity index (χ1n) is 12.2. The van der Waals surface area contributed by atoms with Crippen molar-refractivity contribution in [3.8, 4) is 10.4 Å². The molecule has 2 aliphatic heterocycles. The molecule has 0 atom stereocenters. The van der Waals surface area contributed by atoms with E-state index in [1.165, 1.54) is 35.6 Å². The minimum atomic E-state index is -3.92. The number of carbonyl (C=O) groups is 2. The molecule has 39 heavy (non-hydrogen) atoms. The van der Waals surface area contributed by atoms with Crippen LogP contribution in [0.1, 0.15) is 42.4 Å². The Morgan fingerprint density at radius 2 is 1.90 bits per heavy atom. The van der Waals surface area contributed by atoms with Crippen LogP contribution in [0.15, 0.2) is 47.6 Å². The summed E-state index contributed by atoms with van der Waals surface area (Å²) in [4.78, 5) is 38.3. The number of benzene rings is 1. The van der Waals surface area contributed by atoms with E-state index in [1.54, 1.807) is 29.2 Å². The number of pyridine rings is 1. The molecule has 3 aromatic rings. The fraction of sp³-hybridized carbons (Fsp3) is 0.308. The van der Waals surface area contributed by atoms with Crippen molar-refractivity contribution in [1.82, 2.24) is 19.6 Å². The number of cyclic esters (lactones) is 1.